The third kappa shape index (κ3) is 28.5. The molecule has 2 unspecified atom stereocenters. The number of nitrogens with zero attached hydrogens (tertiary/aromatic N) is 1. The zero-order valence-electron chi connectivity index (χ0n) is 34.6. The maximum absolute atomic E-state index is 3.77. The fraction of sp³-hybridized carbons (Fsp3) is 0.936. The number of aromatic nitrogens is 2. The average Bonchev–Trinajstić information content (AvgIpc) is 3.60. The van der Waals surface area contributed by atoms with Crippen LogP contribution in [-0.2, 0) is 0 Å². The zero-order chi connectivity index (χ0) is 35.3. The molecule has 0 fully saturated rings. The van der Waals surface area contributed by atoms with Crippen LogP contribution in [0.4, 0.5) is 0 Å². The van der Waals surface area contributed by atoms with E-state index in [1.807, 2.05) is 0 Å². The van der Waals surface area contributed by atoms with Gasteiger partial charge in [0.25, 0.3) is 5.82 Å². The summed E-state index contributed by atoms with van der Waals surface area (Å²) in [5, 5.41) is 0. The van der Waals surface area contributed by atoms with Crippen LogP contribution in [-0.4, -0.2) is 4.98 Å². The van der Waals surface area contributed by atoms with Crippen molar-refractivity contribution in [2.24, 2.45) is 0 Å². The van der Waals surface area contributed by atoms with Crippen molar-refractivity contribution in [1.29, 1.82) is 0 Å². The number of hydrogen-bond donors (Lipinski definition) is 1. The quantitative estimate of drug-likeness (QED) is 0.0524. The smallest absolute Gasteiger partial charge is 0.247 e. The van der Waals surface area contributed by atoms with E-state index in [4.69, 9.17) is 0 Å². The van der Waals surface area contributed by atoms with Crippen molar-refractivity contribution in [3.63, 3.8) is 0 Å². The summed E-state index contributed by atoms with van der Waals surface area (Å²) in [6, 6.07) is 0.618. The molecule has 0 aliphatic rings. The summed E-state index contributed by atoms with van der Waals surface area (Å²) in [6.45, 7) is 9.43. The summed E-state index contributed by atoms with van der Waals surface area (Å²) >= 11 is 0. The summed E-state index contributed by atoms with van der Waals surface area (Å²) in [7, 11) is 0. The Labute approximate surface area is 310 Å². The molecule has 1 N–H and O–H groups in total. The van der Waals surface area contributed by atoms with Gasteiger partial charge in [0.05, 0.1) is 12.0 Å². The van der Waals surface area contributed by atoms with E-state index in [9.17, 15) is 0 Å². The van der Waals surface area contributed by atoms with Gasteiger partial charge in [0, 0.05) is 0 Å². The molecule has 49 heavy (non-hydrogen) atoms. The van der Waals surface area contributed by atoms with Gasteiger partial charge >= 0.3 is 0 Å². The lowest BCUT2D eigenvalue weighted by Gasteiger charge is -2.17. The number of imidazole rings is 1. The van der Waals surface area contributed by atoms with Gasteiger partial charge in [-0.25, -0.2) is 9.55 Å². The molecule has 0 spiro atoms. The van der Waals surface area contributed by atoms with Gasteiger partial charge in [0.15, 0.2) is 0 Å². The Bertz CT molecular complexity index is 753. The highest BCUT2D eigenvalue weighted by atomic mass is 15.1. The lowest BCUT2D eigenvalue weighted by molar-refractivity contribution is -0.727. The molecule has 2 atom stereocenters. The second-order valence-electron chi connectivity index (χ2n) is 16.5. The van der Waals surface area contributed by atoms with E-state index in [1.54, 1.807) is 5.82 Å². The SMILES string of the molecule is CCCCCCCCCCCCCCCCCCC(CCCCCCCCCCCCCC)c1[nH]cc[n+]1C(C)CCCCCCCCC. The number of H-pyrrole nitrogens is 1. The molecule has 0 saturated heterocycles. The summed E-state index contributed by atoms with van der Waals surface area (Å²) in [4.78, 5) is 3.77. The number of nitrogens with one attached hydrogen (secondary N) is 1. The van der Waals surface area contributed by atoms with Crippen molar-refractivity contribution in [3.05, 3.63) is 18.2 Å². The molecule has 1 rings (SSSR count). The fourth-order valence-electron chi connectivity index (χ4n) is 8.20. The Morgan fingerprint density at radius 1 is 0.388 bits per heavy atom. The third-order valence-electron chi connectivity index (χ3n) is 11.6. The minimum Gasteiger partial charge on any atom is -0.247 e. The molecule has 0 aromatic carbocycles. The first kappa shape index (κ1) is 46.2. The second-order valence-corrected chi connectivity index (χ2v) is 16.5. The van der Waals surface area contributed by atoms with Crippen LogP contribution in [0.1, 0.15) is 289 Å². The van der Waals surface area contributed by atoms with Crippen molar-refractivity contribution in [3.8, 4) is 0 Å². The van der Waals surface area contributed by atoms with Crippen LogP contribution in [0, 0.1) is 0 Å². The predicted octanol–water partition coefficient (Wildman–Crippen LogP) is 16.8. The summed E-state index contributed by atoms with van der Waals surface area (Å²) in [6.07, 6.45) is 59.1. The molecule has 2 nitrogen and oxygen atoms in total. The largest absolute Gasteiger partial charge is 0.257 e. The van der Waals surface area contributed by atoms with Crippen LogP contribution in [0.2, 0.25) is 0 Å². The van der Waals surface area contributed by atoms with Crippen LogP contribution >= 0.6 is 0 Å². The average molecular weight is 686 g/mol. The number of aromatic amines is 1. The molecule has 0 radical (unpaired) electrons. The third-order valence-corrected chi connectivity index (χ3v) is 11.6. The monoisotopic (exact) mass is 686 g/mol. The van der Waals surface area contributed by atoms with Crippen LogP contribution < -0.4 is 4.57 Å². The zero-order valence-corrected chi connectivity index (χ0v) is 34.6. The van der Waals surface area contributed by atoms with E-state index in [2.05, 4.69) is 49.6 Å². The first-order valence-corrected chi connectivity index (χ1v) is 23.3. The highest BCUT2D eigenvalue weighted by molar-refractivity contribution is 4.90. The van der Waals surface area contributed by atoms with E-state index < -0.39 is 0 Å². The van der Waals surface area contributed by atoms with Gasteiger partial charge < -0.3 is 0 Å². The van der Waals surface area contributed by atoms with Crippen LogP contribution in [0.25, 0.3) is 0 Å². The van der Waals surface area contributed by atoms with Gasteiger partial charge in [-0.2, -0.15) is 0 Å². The summed E-state index contributed by atoms with van der Waals surface area (Å²) in [5.74, 6) is 2.25. The molecular formula is C47H93N2+. The molecule has 0 aliphatic carbocycles. The molecule has 0 amide bonds. The van der Waals surface area contributed by atoms with Crippen LogP contribution in [0.15, 0.2) is 12.4 Å². The molecular weight excluding hydrogens is 593 g/mol. The number of rotatable bonds is 40. The molecule has 1 aromatic heterocycles. The summed E-state index contributed by atoms with van der Waals surface area (Å²) in [5.41, 5.74) is 0. The van der Waals surface area contributed by atoms with Gasteiger partial charge in [-0.3, -0.25) is 0 Å². The van der Waals surface area contributed by atoms with Crippen LogP contribution in [0.5, 0.6) is 0 Å². The minimum atomic E-state index is 0.618. The van der Waals surface area contributed by atoms with Crippen molar-refractivity contribution in [2.45, 2.75) is 284 Å². The molecule has 1 heterocycles. The summed E-state index contributed by atoms with van der Waals surface area (Å²) < 4.78 is 2.65. The van der Waals surface area contributed by atoms with E-state index in [0.717, 1.165) is 0 Å². The normalized spacial score (nSPS) is 13.0. The van der Waals surface area contributed by atoms with Gasteiger partial charge in [-0.15, -0.1) is 0 Å². The molecule has 290 valence electrons. The first-order chi connectivity index (χ1) is 24.2. The van der Waals surface area contributed by atoms with E-state index in [0.29, 0.717) is 12.0 Å². The van der Waals surface area contributed by atoms with Gasteiger partial charge in [-0.05, 0) is 32.6 Å². The maximum Gasteiger partial charge on any atom is 0.257 e. The van der Waals surface area contributed by atoms with E-state index in [-0.39, 0.29) is 0 Å². The Hall–Kier alpha value is -0.790. The van der Waals surface area contributed by atoms with Crippen molar-refractivity contribution in [1.82, 2.24) is 4.98 Å². The Balaban J connectivity index is 2.34. The standard InChI is InChI=1S/C47H92N2/c1-5-8-11-14-17-19-21-23-24-25-26-28-30-33-36-39-42-46(41-38-35-32-29-27-22-20-18-15-12-9-6-2)47-48-43-44-49(47)45(4)40-37-34-31-16-13-10-7-3/h43-46H,5-42H2,1-4H3/p+1. The fourth-order valence-corrected chi connectivity index (χ4v) is 8.20. The first-order valence-electron chi connectivity index (χ1n) is 23.3. The highest BCUT2D eigenvalue weighted by Gasteiger charge is 2.25. The minimum absolute atomic E-state index is 0.618. The van der Waals surface area contributed by atoms with Gasteiger partial charge in [-0.1, -0.05) is 239 Å². The highest BCUT2D eigenvalue weighted by Crippen LogP contribution is 2.28. The Kier molecular flexibility index (Phi) is 34.9. The Morgan fingerprint density at radius 3 is 0.959 bits per heavy atom. The lowest BCUT2D eigenvalue weighted by Crippen LogP contribution is -2.41. The van der Waals surface area contributed by atoms with E-state index >= 15 is 0 Å². The molecule has 1 aromatic rings. The van der Waals surface area contributed by atoms with Crippen molar-refractivity contribution >= 4 is 0 Å². The van der Waals surface area contributed by atoms with E-state index in [1.165, 1.54) is 244 Å². The molecule has 0 bridgehead atoms. The topological polar surface area (TPSA) is 19.7 Å². The van der Waals surface area contributed by atoms with Crippen molar-refractivity contribution < 1.29 is 4.57 Å². The molecule has 2 heteroatoms. The maximum atomic E-state index is 3.77. The Morgan fingerprint density at radius 2 is 0.653 bits per heavy atom. The van der Waals surface area contributed by atoms with Crippen LogP contribution in [0.3, 0.4) is 0 Å². The van der Waals surface area contributed by atoms with Gasteiger partial charge in [0.1, 0.15) is 12.4 Å². The lowest BCUT2D eigenvalue weighted by atomic mass is 9.92. The molecule has 0 aliphatic heterocycles. The number of unbranched alkanes of at least 4 members (excludes halogenated alkanes) is 32. The predicted molar refractivity (Wildman–Crippen MR) is 221 cm³/mol. The second kappa shape index (κ2) is 37.0. The van der Waals surface area contributed by atoms with Crippen molar-refractivity contribution in [2.75, 3.05) is 0 Å². The van der Waals surface area contributed by atoms with Gasteiger partial charge in [0.2, 0.25) is 0 Å². The number of hydrogen-bond acceptors (Lipinski definition) is 0. The molecule has 0 saturated carbocycles.